The first kappa shape index (κ1) is 14.2. The largest absolute Gasteiger partial charge is 0.479 e. The molecule has 0 fully saturated rings. The van der Waals surface area contributed by atoms with Gasteiger partial charge >= 0.3 is 5.97 Å². The van der Waals surface area contributed by atoms with Crippen molar-refractivity contribution in [3.63, 3.8) is 0 Å². The normalized spacial score (nSPS) is 11.9. The van der Waals surface area contributed by atoms with Crippen molar-refractivity contribution >= 4 is 11.8 Å². The second-order valence-electron chi connectivity index (χ2n) is 3.93. The van der Waals surface area contributed by atoms with Crippen molar-refractivity contribution in [1.82, 2.24) is 0 Å². The van der Waals surface area contributed by atoms with E-state index < -0.39 is 17.9 Å². The van der Waals surface area contributed by atoms with Gasteiger partial charge in [0.1, 0.15) is 11.6 Å². The van der Waals surface area contributed by atoms with Gasteiger partial charge in [-0.3, -0.25) is 4.79 Å². The van der Waals surface area contributed by atoms with E-state index in [0.717, 1.165) is 12.1 Å². The van der Waals surface area contributed by atoms with Crippen molar-refractivity contribution in [3.8, 4) is 5.75 Å². The molecule has 1 N–H and O–H groups in total. The maximum atomic E-state index is 13.0. The zero-order valence-corrected chi connectivity index (χ0v) is 10.3. The summed E-state index contributed by atoms with van der Waals surface area (Å²) in [5.41, 5.74) is 0.0531. The quantitative estimate of drug-likeness (QED) is 0.793. The highest BCUT2D eigenvalue weighted by Gasteiger charge is 2.20. The molecule has 1 unspecified atom stereocenters. The molecule has 0 saturated heterocycles. The van der Waals surface area contributed by atoms with Crippen molar-refractivity contribution in [3.05, 3.63) is 29.6 Å². The first-order valence-electron chi connectivity index (χ1n) is 5.65. The van der Waals surface area contributed by atoms with Gasteiger partial charge in [0, 0.05) is 0 Å². The van der Waals surface area contributed by atoms with E-state index in [2.05, 4.69) is 0 Å². The minimum Gasteiger partial charge on any atom is -0.479 e. The molecule has 1 aromatic carbocycles. The van der Waals surface area contributed by atoms with Crippen LogP contribution in [-0.4, -0.2) is 23.0 Å². The van der Waals surface area contributed by atoms with Gasteiger partial charge in [0.25, 0.3) is 0 Å². The number of hydrogen-bond donors (Lipinski definition) is 1. The molecule has 0 aliphatic heterocycles. The number of carbonyl (C=O) groups is 2. The van der Waals surface area contributed by atoms with Gasteiger partial charge in [-0.2, -0.15) is 0 Å². The molecule has 5 heteroatoms. The lowest BCUT2D eigenvalue weighted by Crippen LogP contribution is -2.27. The van der Waals surface area contributed by atoms with E-state index in [0.29, 0.717) is 12.8 Å². The Morgan fingerprint density at radius 3 is 2.61 bits per heavy atom. The van der Waals surface area contributed by atoms with Gasteiger partial charge in [-0.15, -0.1) is 0 Å². The van der Waals surface area contributed by atoms with Crippen molar-refractivity contribution < 1.29 is 23.8 Å². The van der Waals surface area contributed by atoms with Crippen LogP contribution in [0, 0.1) is 5.82 Å². The standard InChI is InChI=1S/C13H15FO4/c1-3-4-12(13(16)17)18-11-6-5-9(14)7-10(11)8(2)15/h5-7,12H,3-4H2,1-2H3,(H,16,17). The summed E-state index contributed by atoms with van der Waals surface area (Å²) >= 11 is 0. The summed E-state index contributed by atoms with van der Waals surface area (Å²) in [6.07, 6.45) is -0.0731. The zero-order valence-electron chi connectivity index (χ0n) is 10.3. The van der Waals surface area contributed by atoms with Crippen LogP contribution in [0.2, 0.25) is 0 Å². The Hall–Kier alpha value is -1.91. The average Bonchev–Trinajstić information content (AvgIpc) is 2.30. The van der Waals surface area contributed by atoms with Gasteiger partial charge in [0.2, 0.25) is 0 Å². The average molecular weight is 254 g/mol. The maximum absolute atomic E-state index is 13.0. The molecule has 0 amide bonds. The Bertz CT molecular complexity index is 456. The minimum absolute atomic E-state index is 0.0531. The molecule has 0 aliphatic rings. The molecule has 0 aromatic heterocycles. The number of Topliss-reactive ketones (excluding diaryl/α,β-unsaturated/α-hetero) is 1. The van der Waals surface area contributed by atoms with Crippen LogP contribution in [0.1, 0.15) is 37.0 Å². The predicted molar refractivity (Wildman–Crippen MR) is 63.4 cm³/mol. The summed E-state index contributed by atoms with van der Waals surface area (Å²) in [6.45, 7) is 3.10. The summed E-state index contributed by atoms with van der Waals surface area (Å²) in [4.78, 5) is 22.3. The van der Waals surface area contributed by atoms with Crippen molar-refractivity contribution in [2.75, 3.05) is 0 Å². The molecular weight excluding hydrogens is 239 g/mol. The number of benzene rings is 1. The number of rotatable bonds is 6. The van der Waals surface area contributed by atoms with Crippen molar-refractivity contribution in [1.29, 1.82) is 0 Å². The third-order valence-corrected chi connectivity index (χ3v) is 2.42. The third-order valence-electron chi connectivity index (χ3n) is 2.42. The van der Waals surface area contributed by atoms with Crippen LogP contribution in [0.5, 0.6) is 5.75 Å². The smallest absolute Gasteiger partial charge is 0.344 e. The summed E-state index contributed by atoms with van der Waals surface area (Å²) < 4.78 is 18.3. The number of hydrogen-bond acceptors (Lipinski definition) is 3. The third kappa shape index (κ3) is 3.55. The zero-order chi connectivity index (χ0) is 13.7. The topological polar surface area (TPSA) is 63.6 Å². The van der Waals surface area contributed by atoms with E-state index in [4.69, 9.17) is 9.84 Å². The highest BCUT2D eigenvalue weighted by molar-refractivity contribution is 5.96. The fourth-order valence-electron chi connectivity index (χ4n) is 1.53. The highest BCUT2D eigenvalue weighted by Crippen LogP contribution is 2.22. The minimum atomic E-state index is -1.10. The van der Waals surface area contributed by atoms with E-state index in [1.807, 2.05) is 6.92 Å². The number of carboxylic acids is 1. The molecule has 0 heterocycles. The van der Waals surface area contributed by atoms with Crippen LogP contribution >= 0.6 is 0 Å². The molecule has 0 radical (unpaired) electrons. The second kappa shape index (κ2) is 6.14. The lowest BCUT2D eigenvalue weighted by Gasteiger charge is -2.16. The molecule has 4 nitrogen and oxygen atoms in total. The van der Waals surface area contributed by atoms with E-state index in [-0.39, 0.29) is 17.1 Å². The Balaban J connectivity index is 3.01. The summed E-state index contributed by atoms with van der Waals surface area (Å²) in [5.74, 6) is -1.93. The van der Waals surface area contributed by atoms with Gasteiger partial charge in [0.05, 0.1) is 5.56 Å². The van der Waals surface area contributed by atoms with Crippen LogP contribution < -0.4 is 4.74 Å². The van der Waals surface area contributed by atoms with Crippen molar-refractivity contribution in [2.45, 2.75) is 32.8 Å². The van der Waals surface area contributed by atoms with E-state index in [9.17, 15) is 14.0 Å². The maximum Gasteiger partial charge on any atom is 0.344 e. The number of carboxylic acid groups (broad SMARTS) is 1. The van der Waals surface area contributed by atoms with Crippen LogP contribution in [0.4, 0.5) is 4.39 Å². The van der Waals surface area contributed by atoms with E-state index >= 15 is 0 Å². The summed E-state index contributed by atoms with van der Waals surface area (Å²) in [5, 5.41) is 8.97. The molecule has 18 heavy (non-hydrogen) atoms. The fourth-order valence-corrected chi connectivity index (χ4v) is 1.53. The Labute approximate surface area is 104 Å². The summed E-state index contributed by atoms with van der Waals surface area (Å²) in [7, 11) is 0. The molecule has 1 aromatic rings. The first-order valence-corrected chi connectivity index (χ1v) is 5.65. The van der Waals surface area contributed by atoms with Gasteiger partial charge in [-0.1, -0.05) is 13.3 Å². The van der Waals surface area contributed by atoms with Crippen LogP contribution in [0.25, 0.3) is 0 Å². The van der Waals surface area contributed by atoms with E-state index in [1.54, 1.807) is 0 Å². The second-order valence-corrected chi connectivity index (χ2v) is 3.93. The Kier molecular flexibility index (Phi) is 4.83. The van der Waals surface area contributed by atoms with Crippen LogP contribution in [0.3, 0.4) is 0 Å². The van der Waals surface area contributed by atoms with Gasteiger partial charge in [-0.05, 0) is 31.5 Å². The number of halogens is 1. The van der Waals surface area contributed by atoms with Gasteiger partial charge in [0.15, 0.2) is 11.9 Å². The lowest BCUT2D eigenvalue weighted by molar-refractivity contribution is -0.145. The first-order chi connectivity index (χ1) is 8.45. The monoisotopic (exact) mass is 254 g/mol. The van der Waals surface area contributed by atoms with E-state index in [1.165, 1.54) is 13.0 Å². The molecule has 1 atom stereocenters. The molecule has 0 bridgehead atoms. The molecule has 0 saturated carbocycles. The number of ether oxygens (including phenoxy) is 1. The molecule has 0 spiro atoms. The number of carbonyl (C=O) groups excluding carboxylic acids is 1. The van der Waals surface area contributed by atoms with Gasteiger partial charge in [-0.25, -0.2) is 9.18 Å². The SMILES string of the molecule is CCCC(Oc1ccc(F)cc1C(C)=O)C(=O)O. The fraction of sp³-hybridized carbons (Fsp3) is 0.385. The number of aliphatic carboxylic acids is 1. The predicted octanol–water partition coefficient (Wildman–Crippen LogP) is 2.66. The molecular formula is C13H15FO4. The van der Waals surface area contributed by atoms with Gasteiger partial charge < -0.3 is 9.84 Å². The molecule has 1 rings (SSSR count). The van der Waals surface area contributed by atoms with Crippen LogP contribution in [0.15, 0.2) is 18.2 Å². The molecule has 98 valence electrons. The van der Waals surface area contributed by atoms with Crippen LogP contribution in [-0.2, 0) is 4.79 Å². The summed E-state index contributed by atoms with van der Waals surface area (Å²) in [6, 6.07) is 3.45. The molecule has 0 aliphatic carbocycles. The highest BCUT2D eigenvalue weighted by atomic mass is 19.1. The Morgan fingerprint density at radius 2 is 2.11 bits per heavy atom. The lowest BCUT2D eigenvalue weighted by atomic mass is 10.1. The van der Waals surface area contributed by atoms with Crippen molar-refractivity contribution in [2.24, 2.45) is 0 Å². The Morgan fingerprint density at radius 1 is 1.44 bits per heavy atom. The number of ketones is 1.